The lowest BCUT2D eigenvalue weighted by atomic mass is 9.82. The topological polar surface area (TPSA) is 115 Å². The third kappa shape index (κ3) is 4.49. The average molecular weight is 501 g/mol. The summed E-state index contributed by atoms with van der Waals surface area (Å²) in [6.07, 6.45) is 3.82. The number of nitrogens with zero attached hydrogens (tertiary/aromatic N) is 2. The molecule has 2 aromatic rings. The molecule has 3 atom stereocenters. The van der Waals surface area contributed by atoms with E-state index in [9.17, 15) is 23.1 Å². The molecule has 3 unspecified atom stereocenters. The monoisotopic (exact) mass is 500 g/mol. The predicted molar refractivity (Wildman–Crippen MR) is 132 cm³/mol. The van der Waals surface area contributed by atoms with E-state index < -0.39 is 16.0 Å². The number of phenolic OH excluding ortho intramolecular Hbond substituents is 1. The van der Waals surface area contributed by atoms with E-state index in [4.69, 9.17) is 5.11 Å². The number of hydrogen-bond acceptors (Lipinski definition) is 5. The number of anilines is 1. The Morgan fingerprint density at radius 3 is 2.31 bits per heavy atom. The van der Waals surface area contributed by atoms with Crippen LogP contribution >= 0.6 is 0 Å². The molecule has 0 radical (unpaired) electrons. The van der Waals surface area contributed by atoms with E-state index in [2.05, 4.69) is 0 Å². The molecule has 0 spiro atoms. The maximum Gasteiger partial charge on any atom is 0.303 e. The number of hydrogen-bond donors (Lipinski definition) is 2. The first-order valence-electron chi connectivity index (χ1n) is 11.7. The second kappa shape index (κ2) is 9.53. The maximum absolute atomic E-state index is 13.8. The van der Waals surface area contributed by atoms with Crippen LogP contribution in [0.5, 0.6) is 5.75 Å². The van der Waals surface area contributed by atoms with Crippen molar-refractivity contribution in [3.63, 3.8) is 0 Å². The van der Waals surface area contributed by atoms with Gasteiger partial charge in [-0.05, 0) is 61.6 Å². The number of fused-ring (bicyclic) bond motifs is 2. The summed E-state index contributed by atoms with van der Waals surface area (Å²) in [4.78, 5) is 26.4. The summed E-state index contributed by atoms with van der Waals surface area (Å²) in [6.45, 7) is 0. The van der Waals surface area contributed by atoms with Crippen molar-refractivity contribution in [3.8, 4) is 5.75 Å². The van der Waals surface area contributed by atoms with Gasteiger partial charge in [-0.15, -0.1) is 0 Å². The summed E-state index contributed by atoms with van der Waals surface area (Å²) in [5.74, 6) is -1.25. The molecule has 2 N–H and O–H groups in total. The molecule has 2 aromatic carbocycles. The lowest BCUT2D eigenvalue weighted by Gasteiger charge is -2.48. The number of carboxylic acid groups (broad SMARTS) is 1. The zero-order valence-electron chi connectivity index (χ0n) is 18.7. The van der Waals surface area contributed by atoms with Crippen LogP contribution in [-0.4, -0.2) is 47.5 Å². The quantitative estimate of drug-likeness (QED) is 0.586. The Balaban J connectivity index is 0.00000289. The van der Waals surface area contributed by atoms with Crippen LogP contribution in [0.1, 0.15) is 64.0 Å². The number of aliphatic carboxylic acids is 1. The first kappa shape index (κ1) is 25.0. The Bertz CT molecular complexity index is 1210. The van der Waals surface area contributed by atoms with Gasteiger partial charge < -0.3 is 15.1 Å². The highest BCUT2D eigenvalue weighted by Gasteiger charge is 2.52. The van der Waals surface area contributed by atoms with Gasteiger partial charge in [0.1, 0.15) is 5.75 Å². The largest absolute Gasteiger partial charge is 0.508 e. The molecule has 0 saturated heterocycles. The van der Waals surface area contributed by atoms with Gasteiger partial charge in [0, 0.05) is 18.4 Å². The van der Waals surface area contributed by atoms with E-state index in [1.807, 2.05) is 17.0 Å². The number of phenols is 1. The normalized spacial score (nSPS) is 23.1. The Morgan fingerprint density at radius 2 is 1.66 bits per heavy atom. The number of benzene rings is 2. The Labute approximate surface area is 206 Å². The average Bonchev–Trinajstić information content (AvgIpc) is 3.53. The van der Waals surface area contributed by atoms with E-state index in [0.717, 1.165) is 31.2 Å². The second-order valence-electron chi connectivity index (χ2n) is 9.39. The van der Waals surface area contributed by atoms with Crippen molar-refractivity contribution in [1.29, 1.82) is 0 Å². The molecule has 188 valence electrons. The van der Waals surface area contributed by atoms with Gasteiger partial charge in [0.05, 0.1) is 29.1 Å². The first-order valence-corrected chi connectivity index (χ1v) is 13.2. The van der Waals surface area contributed by atoms with Gasteiger partial charge in [0.2, 0.25) is 5.91 Å². The summed E-state index contributed by atoms with van der Waals surface area (Å²) < 4.78 is 29.2. The number of amides is 1. The van der Waals surface area contributed by atoms with Crippen molar-refractivity contribution in [1.82, 2.24) is 4.90 Å². The molecule has 35 heavy (non-hydrogen) atoms. The van der Waals surface area contributed by atoms with Gasteiger partial charge in [-0.3, -0.25) is 13.9 Å². The molecule has 9 heteroatoms. The lowest BCUT2D eigenvalue weighted by Crippen LogP contribution is -2.52. The van der Waals surface area contributed by atoms with Gasteiger partial charge in [0.15, 0.2) is 0 Å². The number of aromatic hydroxyl groups is 1. The van der Waals surface area contributed by atoms with Crippen LogP contribution in [0, 0.1) is 5.92 Å². The number of para-hydroxylation sites is 1. The molecule has 0 aromatic heterocycles. The van der Waals surface area contributed by atoms with Crippen molar-refractivity contribution < 1.29 is 28.2 Å². The van der Waals surface area contributed by atoms with E-state index in [1.165, 1.54) is 28.6 Å². The van der Waals surface area contributed by atoms with Gasteiger partial charge >= 0.3 is 5.97 Å². The summed E-state index contributed by atoms with van der Waals surface area (Å²) in [6, 6.07) is 12.4. The molecule has 5 rings (SSSR count). The molecule has 1 aliphatic heterocycles. The number of rotatable bonds is 7. The lowest BCUT2D eigenvalue weighted by molar-refractivity contribution is -0.142. The van der Waals surface area contributed by atoms with Crippen LogP contribution in [-0.2, 0) is 19.6 Å². The third-order valence-corrected chi connectivity index (χ3v) is 9.06. The second-order valence-corrected chi connectivity index (χ2v) is 11.2. The summed E-state index contributed by atoms with van der Waals surface area (Å²) in [7, 11) is -3.90. The molecule has 2 aliphatic carbocycles. The van der Waals surface area contributed by atoms with E-state index in [0.29, 0.717) is 12.1 Å². The highest BCUT2D eigenvalue weighted by atomic mass is 32.2. The predicted octanol–water partition coefficient (Wildman–Crippen LogP) is 4.30. The Morgan fingerprint density at radius 1 is 0.971 bits per heavy atom. The standard InChI is InChI=1S/C25H28N2O6S.CH4/c28-17-10-12-18(13-11-17)34(32,33)27-21-6-2-1-4-19(21)25(20-5-3-7-22(20)27)26(16-8-9-16)23(29)14-15-24(30)31;/h1-2,4,6,10-13,16,20,22,25,28H,3,5,7-9,14-15H2,(H,30,31);1H4. The van der Waals surface area contributed by atoms with E-state index in [-0.39, 0.29) is 60.9 Å². The van der Waals surface area contributed by atoms with Gasteiger partial charge in [-0.2, -0.15) is 0 Å². The summed E-state index contributed by atoms with van der Waals surface area (Å²) in [5.41, 5.74) is 1.36. The highest BCUT2D eigenvalue weighted by Crippen LogP contribution is 2.53. The van der Waals surface area contributed by atoms with Crippen molar-refractivity contribution >= 4 is 27.6 Å². The van der Waals surface area contributed by atoms with E-state index >= 15 is 0 Å². The molecule has 0 bridgehead atoms. The first-order chi connectivity index (χ1) is 16.3. The van der Waals surface area contributed by atoms with Crippen LogP contribution < -0.4 is 4.31 Å². The number of carbonyl (C=O) groups excluding carboxylic acids is 1. The molecule has 2 saturated carbocycles. The van der Waals surface area contributed by atoms with Crippen LogP contribution in [0.3, 0.4) is 0 Å². The molecular weight excluding hydrogens is 468 g/mol. The molecule has 8 nitrogen and oxygen atoms in total. The van der Waals surface area contributed by atoms with Crippen LogP contribution in [0.2, 0.25) is 0 Å². The minimum Gasteiger partial charge on any atom is -0.508 e. The van der Waals surface area contributed by atoms with Gasteiger partial charge in [0.25, 0.3) is 10.0 Å². The number of carboxylic acids is 1. The molecule has 2 fully saturated rings. The fraction of sp³-hybridized carbons (Fsp3) is 0.462. The zero-order chi connectivity index (χ0) is 24.0. The molecule has 3 aliphatic rings. The fourth-order valence-corrected chi connectivity index (χ4v) is 7.40. The van der Waals surface area contributed by atoms with Crippen LogP contribution in [0.4, 0.5) is 5.69 Å². The molecular formula is C26H32N2O6S. The van der Waals surface area contributed by atoms with Crippen molar-refractivity contribution in [2.24, 2.45) is 5.92 Å². The smallest absolute Gasteiger partial charge is 0.303 e. The highest BCUT2D eigenvalue weighted by molar-refractivity contribution is 7.92. The molecule has 1 heterocycles. The third-order valence-electron chi connectivity index (χ3n) is 7.21. The summed E-state index contributed by atoms with van der Waals surface area (Å²) >= 11 is 0. The van der Waals surface area contributed by atoms with Crippen LogP contribution in [0.15, 0.2) is 53.4 Å². The van der Waals surface area contributed by atoms with E-state index in [1.54, 1.807) is 12.1 Å². The van der Waals surface area contributed by atoms with Crippen molar-refractivity contribution in [2.75, 3.05) is 4.31 Å². The fourth-order valence-electron chi connectivity index (χ4n) is 5.65. The van der Waals surface area contributed by atoms with Crippen molar-refractivity contribution in [2.45, 2.75) is 75.4 Å². The SMILES string of the molecule is C.O=C(O)CCC(=O)N(C1CC1)C1c2ccccc2N(S(=O)(=O)c2ccc(O)cc2)C2CCCC12. The minimum atomic E-state index is -3.90. The van der Waals surface area contributed by atoms with Gasteiger partial charge in [-0.1, -0.05) is 32.0 Å². The number of sulfonamides is 1. The zero-order valence-corrected chi connectivity index (χ0v) is 19.5. The van der Waals surface area contributed by atoms with Crippen LogP contribution in [0.25, 0.3) is 0 Å². The minimum absolute atomic E-state index is 0. The van der Waals surface area contributed by atoms with Crippen molar-refractivity contribution in [3.05, 3.63) is 54.1 Å². The summed E-state index contributed by atoms with van der Waals surface area (Å²) in [5, 5.41) is 18.7. The Hall–Kier alpha value is -3.07. The molecule has 1 amide bonds. The number of carbonyl (C=O) groups is 2. The Kier molecular flexibility index (Phi) is 6.81. The maximum atomic E-state index is 13.8. The van der Waals surface area contributed by atoms with Gasteiger partial charge in [-0.25, -0.2) is 8.42 Å².